The van der Waals surface area contributed by atoms with Gasteiger partial charge in [-0.05, 0) is 24.6 Å². The Bertz CT molecular complexity index is 576. The van der Waals surface area contributed by atoms with Crippen molar-refractivity contribution >= 4 is 23.4 Å². The van der Waals surface area contributed by atoms with Crippen molar-refractivity contribution in [2.24, 2.45) is 0 Å². The van der Waals surface area contributed by atoms with Crippen LogP contribution in [0.2, 0.25) is 5.02 Å². The van der Waals surface area contributed by atoms with E-state index in [0.29, 0.717) is 31.1 Å². The number of rotatable bonds is 1. The first-order valence-electron chi connectivity index (χ1n) is 6.63. The molecule has 0 aromatic heterocycles. The first-order chi connectivity index (χ1) is 9.56. The van der Waals surface area contributed by atoms with E-state index in [-0.39, 0.29) is 29.2 Å². The van der Waals surface area contributed by atoms with E-state index in [0.717, 1.165) is 6.42 Å². The van der Waals surface area contributed by atoms with E-state index in [9.17, 15) is 14.7 Å². The minimum atomic E-state index is -0.232. The van der Waals surface area contributed by atoms with Crippen molar-refractivity contribution in [1.29, 1.82) is 0 Å². The van der Waals surface area contributed by atoms with E-state index in [1.807, 2.05) is 4.90 Å². The number of phenolic OH excluding ortho intramolecular Hbond substituents is 1. The Morgan fingerprint density at radius 3 is 2.95 bits per heavy atom. The van der Waals surface area contributed by atoms with Crippen LogP contribution in [0.15, 0.2) is 18.2 Å². The molecule has 3 rings (SSSR count). The molecule has 2 fully saturated rings. The quantitative estimate of drug-likeness (QED) is 0.854. The van der Waals surface area contributed by atoms with Gasteiger partial charge in [-0.25, -0.2) is 0 Å². The summed E-state index contributed by atoms with van der Waals surface area (Å²) in [5.74, 6) is -0.124. The molecule has 0 saturated carbocycles. The lowest BCUT2D eigenvalue weighted by atomic mass is 10.1. The van der Waals surface area contributed by atoms with Crippen LogP contribution in [0.3, 0.4) is 0 Å². The summed E-state index contributed by atoms with van der Waals surface area (Å²) >= 11 is 5.87. The number of piperazine rings is 1. The molecule has 2 amide bonds. The predicted octanol–water partition coefficient (Wildman–Crippen LogP) is 1.49. The fourth-order valence-electron chi connectivity index (χ4n) is 2.90. The molecule has 2 aliphatic rings. The average Bonchev–Trinajstić information content (AvgIpc) is 2.82. The van der Waals surface area contributed by atoms with Gasteiger partial charge >= 0.3 is 0 Å². The van der Waals surface area contributed by atoms with E-state index in [4.69, 9.17) is 11.6 Å². The van der Waals surface area contributed by atoms with Crippen LogP contribution in [0, 0.1) is 0 Å². The average molecular weight is 295 g/mol. The molecule has 0 radical (unpaired) electrons. The number of carbonyl (C=O) groups is 2. The molecule has 1 unspecified atom stereocenters. The summed E-state index contributed by atoms with van der Waals surface area (Å²) < 4.78 is 0. The second-order valence-corrected chi connectivity index (χ2v) is 5.63. The van der Waals surface area contributed by atoms with E-state index in [1.165, 1.54) is 12.1 Å². The van der Waals surface area contributed by atoms with Gasteiger partial charge in [0.1, 0.15) is 5.75 Å². The molecule has 0 spiro atoms. The molecule has 2 saturated heterocycles. The molecule has 1 aromatic rings. The van der Waals surface area contributed by atoms with Crippen molar-refractivity contribution in [3.63, 3.8) is 0 Å². The number of nitrogens with zero attached hydrogens (tertiary/aromatic N) is 2. The van der Waals surface area contributed by atoms with Gasteiger partial charge in [-0.15, -0.1) is 0 Å². The van der Waals surface area contributed by atoms with Crippen molar-refractivity contribution in [3.05, 3.63) is 28.8 Å². The Balaban J connectivity index is 1.78. The van der Waals surface area contributed by atoms with Gasteiger partial charge in [-0.1, -0.05) is 11.6 Å². The van der Waals surface area contributed by atoms with Crippen molar-refractivity contribution < 1.29 is 14.7 Å². The van der Waals surface area contributed by atoms with Crippen molar-refractivity contribution in [2.45, 2.75) is 18.9 Å². The second kappa shape index (κ2) is 4.98. The Kier molecular flexibility index (Phi) is 3.30. The number of phenols is 1. The topological polar surface area (TPSA) is 60.9 Å². The molecule has 0 aliphatic carbocycles. The van der Waals surface area contributed by atoms with E-state index in [2.05, 4.69) is 0 Å². The van der Waals surface area contributed by atoms with E-state index in [1.54, 1.807) is 11.0 Å². The van der Waals surface area contributed by atoms with Gasteiger partial charge in [-0.2, -0.15) is 0 Å². The van der Waals surface area contributed by atoms with Crippen LogP contribution in [0.1, 0.15) is 23.2 Å². The van der Waals surface area contributed by atoms with Gasteiger partial charge in [0.05, 0.1) is 5.56 Å². The molecule has 5 nitrogen and oxygen atoms in total. The van der Waals surface area contributed by atoms with Crippen LogP contribution in [-0.4, -0.2) is 52.4 Å². The molecule has 0 bridgehead atoms. The van der Waals surface area contributed by atoms with Crippen LogP contribution in [-0.2, 0) is 4.79 Å². The highest BCUT2D eigenvalue weighted by molar-refractivity contribution is 6.31. The van der Waals surface area contributed by atoms with E-state index >= 15 is 0 Å². The molecule has 20 heavy (non-hydrogen) atoms. The lowest BCUT2D eigenvalue weighted by molar-refractivity contribution is -0.130. The molecule has 106 valence electrons. The van der Waals surface area contributed by atoms with Crippen LogP contribution in [0.25, 0.3) is 0 Å². The number of amides is 2. The van der Waals surface area contributed by atoms with Crippen LogP contribution >= 0.6 is 11.6 Å². The van der Waals surface area contributed by atoms with Crippen molar-refractivity contribution in [3.8, 4) is 5.75 Å². The molecule has 2 aliphatic heterocycles. The van der Waals surface area contributed by atoms with Gasteiger partial charge in [0.25, 0.3) is 5.91 Å². The zero-order chi connectivity index (χ0) is 14.3. The summed E-state index contributed by atoms with van der Waals surface area (Å²) in [6.07, 6.45) is 1.36. The number of aromatic hydroxyl groups is 1. The molecule has 1 aromatic carbocycles. The maximum atomic E-state index is 12.4. The lowest BCUT2D eigenvalue weighted by Crippen LogP contribution is -2.53. The summed E-state index contributed by atoms with van der Waals surface area (Å²) in [7, 11) is 0. The third-order valence-electron chi connectivity index (χ3n) is 3.97. The minimum absolute atomic E-state index is 0.0654. The van der Waals surface area contributed by atoms with Crippen molar-refractivity contribution in [2.75, 3.05) is 19.6 Å². The third-order valence-corrected chi connectivity index (χ3v) is 4.21. The molecule has 1 atom stereocenters. The van der Waals surface area contributed by atoms with E-state index < -0.39 is 0 Å². The van der Waals surface area contributed by atoms with Gasteiger partial charge in [0.15, 0.2) is 0 Å². The lowest BCUT2D eigenvalue weighted by Gasteiger charge is -2.37. The van der Waals surface area contributed by atoms with Crippen LogP contribution in [0.4, 0.5) is 0 Å². The zero-order valence-electron chi connectivity index (χ0n) is 10.9. The fourth-order valence-corrected chi connectivity index (χ4v) is 3.07. The van der Waals surface area contributed by atoms with Crippen molar-refractivity contribution in [1.82, 2.24) is 9.80 Å². The zero-order valence-corrected chi connectivity index (χ0v) is 11.6. The maximum absolute atomic E-state index is 12.4. The minimum Gasteiger partial charge on any atom is -0.507 e. The molecule has 2 heterocycles. The highest BCUT2D eigenvalue weighted by Crippen LogP contribution is 2.27. The van der Waals surface area contributed by atoms with Gasteiger partial charge < -0.3 is 14.9 Å². The normalized spacial score (nSPS) is 22.1. The number of benzene rings is 1. The Hall–Kier alpha value is -1.75. The monoisotopic (exact) mass is 294 g/mol. The van der Waals surface area contributed by atoms with Crippen LogP contribution in [0.5, 0.6) is 5.75 Å². The van der Waals surface area contributed by atoms with Gasteiger partial charge in [-0.3, -0.25) is 9.59 Å². The molecular weight excluding hydrogens is 280 g/mol. The van der Waals surface area contributed by atoms with Gasteiger partial charge in [0.2, 0.25) is 5.91 Å². The number of carbonyl (C=O) groups excluding carboxylic acids is 2. The molecule has 1 N–H and O–H groups in total. The summed E-state index contributed by atoms with van der Waals surface area (Å²) in [4.78, 5) is 27.6. The highest BCUT2D eigenvalue weighted by atomic mass is 35.5. The SMILES string of the molecule is O=C(c1cc(Cl)ccc1O)N1CCN2C(=O)CCC2C1. The first-order valence-corrected chi connectivity index (χ1v) is 7.01. The highest BCUT2D eigenvalue weighted by Gasteiger charge is 2.37. The number of hydrogen-bond donors (Lipinski definition) is 1. The Morgan fingerprint density at radius 2 is 2.15 bits per heavy atom. The Labute approximate surface area is 121 Å². The van der Waals surface area contributed by atoms with Crippen LogP contribution < -0.4 is 0 Å². The summed E-state index contributed by atoms with van der Waals surface area (Å²) in [5.41, 5.74) is 0.218. The third kappa shape index (κ3) is 2.22. The summed E-state index contributed by atoms with van der Waals surface area (Å²) in [6, 6.07) is 4.55. The fraction of sp³-hybridized carbons (Fsp3) is 0.429. The molecular formula is C14H15ClN2O3. The standard InChI is InChI=1S/C14H15ClN2O3/c15-9-1-3-12(18)11(7-9)14(20)16-5-6-17-10(8-16)2-4-13(17)19/h1,3,7,10,18H,2,4-6,8H2. The second-order valence-electron chi connectivity index (χ2n) is 5.19. The summed E-state index contributed by atoms with van der Waals surface area (Å²) in [5, 5.41) is 10.2. The first kappa shape index (κ1) is 13.2. The smallest absolute Gasteiger partial charge is 0.257 e. The largest absolute Gasteiger partial charge is 0.507 e. The Morgan fingerprint density at radius 1 is 1.35 bits per heavy atom. The molecule has 6 heteroatoms. The number of halogens is 1. The van der Waals surface area contributed by atoms with Gasteiger partial charge in [0, 0.05) is 37.1 Å². The number of fused-ring (bicyclic) bond motifs is 1. The predicted molar refractivity (Wildman–Crippen MR) is 73.8 cm³/mol. The maximum Gasteiger partial charge on any atom is 0.257 e. The number of hydrogen-bond acceptors (Lipinski definition) is 3. The summed E-state index contributed by atoms with van der Waals surface area (Å²) in [6.45, 7) is 1.58.